The molecule has 1 unspecified atom stereocenters. The number of carbonyl (C=O) groups is 1. The predicted molar refractivity (Wildman–Crippen MR) is 68.8 cm³/mol. The van der Waals surface area contributed by atoms with Gasteiger partial charge in [-0.05, 0) is 19.9 Å². The van der Waals surface area contributed by atoms with Crippen molar-refractivity contribution in [3.05, 3.63) is 18.0 Å². The van der Waals surface area contributed by atoms with Crippen molar-refractivity contribution >= 4 is 17.7 Å². The molecular weight excluding hydrogens is 238 g/mol. The lowest BCUT2D eigenvalue weighted by Gasteiger charge is -2.07. The Kier molecular flexibility index (Phi) is 5.50. The molecule has 0 amide bonds. The Labute approximate surface area is 106 Å². The fourth-order valence-corrected chi connectivity index (χ4v) is 2.12. The molecule has 0 saturated heterocycles. The van der Waals surface area contributed by atoms with Crippen LogP contribution in [0, 0.1) is 0 Å². The van der Waals surface area contributed by atoms with Gasteiger partial charge in [-0.2, -0.15) is 16.9 Å². The second-order valence-electron chi connectivity index (χ2n) is 4.03. The predicted octanol–water partition coefficient (Wildman–Crippen LogP) is 1.20. The molecule has 0 aliphatic carbocycles. The molecule has 6 heteroatoms. The third-order valence-electron chi connectivity index (χ3n) is 2.24. The van der Waals surface area contributed by atoms with Gasteiger partial charge in [-0.15, -0.1) is 0 Å². The summed E-state index contributed by atoms with van der Waals surface area (Å²) >= 11 is 1.58. The van der Waals surface area contributed by atoms with Crippen molar-refractivity contribution in [3.63, 3.8) is 0 Å². The lowest BCUT2D eigenvalue weighted by Crippen LogP contribution is -2.33. The SMILES string of the molecule is COC(=O)C(N)CSCc1ccn(C(C)C)n1. The number of esters is 1. The number of nitrogens with zero attached hydrogens (tertiary/aromatic N) is 2. The average Bonchev–Trinajstić information content (AvgIpc) is 2.76. The van der Waals surface area contributed by atoms with E-state index in [1.165, 1.54) is 7.11 Å². The van der Waals surface area contributed by atoms with Gasteiger partial charge < -0.3 is 10.5 Å². The molecule has 2 N–H and O–H groups in total. The lowest BCUT2D eigenvalue weighted by molar-refractivity contribution is -0.141. The third kappa shape index (κ3) is 4.40. The largest absolute Gasteiger partial charge is 0.468 e. The van der Waals surface area contributed by atoms with E-state index in [1.807, 2.05) is 16.9 Å². The van der Waals surface area contributed by atoms with Crippen LogP contribution in [-0.2, 0) is 15.3 Å². The highest BCUT2D eigenvalue weighted by Crippen LogP contribution is 2.12. The Morgan fingerprint density at radius 2 is 2.35 bits per heavy atom. The maximum atomic E-state index is 11.1. The molecule has 0 aromatic carbocycles. The van der Waals surface area contributed by atoms with Crippen LogP contribution < -0.4 is 5.73 Å². The van der Waals surface area contributed by atoms with Crippen molar-refractivity contribution in [2.75, 3.05) is 12.9 Å². The molecular formula is C11H19N3O2S. The van der Waals surface area contributed by atoms with E-state index in [4.69, 9.17) is 5.73 Å². The van der Waals surface area contributed by atoms with Crippen LogP contribution in [0.25, 0.3) is 0 Å². The van der Waals surface area contributed by atoms with Crippen LogP contribution in [0.15, 0.2) is 12.3 Å². The molecule has 0 saturated carbocycles. The molecule has 0 aliphatic heterocycles. The van der Waals surface area contributed by atoms with Gasteiger partial charge in [0.2, 0.25) is 0 Å². The van der Waals surface area contributed by atoms with E-state index in [0.29, 0.717) is 11.8 Å². The van der Waals surface area contributed by atoms with E-state index in [-0.39, 0.29) is 5.97 Å². The molecule has 1 rings (SSSR count). The first kappa shape index (κ1) is 14.1. The Bertz CT molecular complexity index is 365. The molecule has 0 spiro atoms. The zero-order valence-corrected chi connectivity index (χ0v) is 11.2. The fourth-order valence-electron chi connectivity index (χ4n) is 1.25. The monoisotopic (exact) mass is 257 g/mol. The number of carbonyl (C=O) groups excluding carboxylic acids is 1. The zero-order valence-electron chi connectivity index (χ0n) is 10.4. The molecule has 0 radical (unpaired) electrons. The maximum absolute atomic E-state index is 11.1. The van der Waals surface area contributed by atoms with Crippen molar-refractivity contribution in [3.8, 4) is 0 Å². The summed E-state index contributed by atoms with van der Waals surface area (Å²) in [6.45, 7) is 4.16. The quantitative estimate of drug-likeness (QED) is 0.775. The first-order chi connectivity index (χ1) is 8.04. The molecule has 0 bridgehead atoms. The number of ether oxygens (including phenoxy) is 1. The van der Waals surface area contributed by atoms with Crippen LogP contribution in [-0.4, -0.2) is 34.7 Å². The van der Waals surface area contributed by atoms with Crippen LogP contribution >= 0.6 is 11.8 Å². The van der Waals surface area contributed by atoms with Crippen molar-refractivity contribution in [1.29, 1.82) is 0 Å². The molecule has 1 aromatic rings. The number of hydrogen-bond donors (Lipinski definition) is 1. The second-order valence-corrected chi connectivity index (χ2v) is 5.06. The molecule has 1 atom stereocenters. The molecule has 5 nitrogen and oxygen atoms in total. The van der Waals surface area contributed by atoms with Crippen LogP contribution in [0.2, 0.25) is 0 Å². The lowest BCUT2D eigenvalue weighted by atomic mass is 10.4. The number of rotatable bonds is 6. The first-order valence-corrected chi connectivity index (χ1v) is 6.65. The summed E-state index contributed by atoms with van der Waals surface area (Å²) in [6.07, 6.45) is 1.96. The Morgan fingerprint density at radius 1 is 1.65 bits per heavy atom. The highest BCUT2D eigenvalue weighted by Gasteiger charge is 2.13. The van der Waals surface area contributed by atoms with Gasteiger partial charge in [0.15, 0.2) is 0 Å². The Morgan fingerprint density at radius 3 is 2.88 bits per heavy atom. The smallest absolute Gasteiger partial charge is 0.323 e. The minimum atomic E-state index is -0.558. The van der Waals surface area contributed by atoms with Crippen molar-refractivity contribution in [2.45, 2.75) is 31.7 Å². The molecule has 1 aromatic heterocycles. The zero-order chi connectivity index (χ0) is 12.8. The average molecular weight is 257 g/mol. The number of thioether (sulfide) groups is 1. The molecule has 96 valence electrons. The normalized spacial score (nSPS) is 12.8. The minimum Gasteiger partial charge on any atom is -0.468 e. The Balaban J connectivity index is 2.33. The van der Waals surface area contributed by atoms with E-state index in [0.717, 1.165) is 11.4 Å². The van der Waals surface area contributed by atoms with Gasteiger partial charge in [0, 0.05) is 23.7 Å². The van der Waals surface area contributed by atoms with Gasteiger partial charge in [-0.3, -0.25) is 9.48 Å². The van der Waals surface area contributed by atoms with Gasteiger partial charge in [-0.1, -0.05) is 0 Å². The van der Waals surface area contributed by atoms with Gasteiger partial charge in [0.25, 0.3) is 0 Å². The number of nitrogens with two attached hydrogens (primary N) is 1. The number of aromatic nitrogens is 2. The van der Waals surface area contributed by atoms with E-state index in [9.17, 15) is 4.79 Å². The van der Waals surface area contributed by atoms with Gasteiger partial charge in [0.1, 0.15) is 6.04 Å². The van der Waals surface area contributed by atoms with Crippen molar-refractivity contribution in [2.24, 2.45) is 5.73 Å². The summed E-state index contributed by atoms with van der Waals surface area (Å²) in [5, 5.41) is 4.41. The highest BCUT2D eigenvalue weighted by molar-refractivity contribution is 7.98. The van der Waals surface area contributed by atoms with Crippen LogP contribution in [0.5, 0.6) is 0 Å². The topological polar surface area (TPSA) is 70.1 Å². The molecule has 0 fully saturated rings. The summed E-state index contributed by atoms with van der Waals surface area (Å²) in [6, 6.07) is 1.79. The molecule has 17 heavy (non-hydrogen) atoms. The summed E-state index contributed by atoms with van der Waals surface area (Å²) in [5.74, 6) is 0.927. The minimum absolute atomic E-state index is 0.367. The van der Waals surface area contributed by atoms with E-state index < -0.39 is 6.04 Å². The maximum Gasteiger partial charge on any atom is 0.323 e. The van der Waals surface area contributed by atoms with Crippen LogP contribution in [0.1, 0.15) is 25.6 Å². The van der Waals surface area contributed by atoms with E-state index >= 15 is 0 Å². The Hall–Kier alpha value is -1.01. The van der Waals surface area contributed by atoms with Gasteiger partial charge >= 0.3 is 5.97 Å². The van der Waals surface area contributed by atoms with Crippen molar-refractivity contribution < 1.29 is 9.53 Å². The fraction of sp³-hybridized carbons (Fsp3) is 0.636. The first-order valence-electron chi connectivity index (χ1n) is 5.49. The highest BCUT2D eigenvalue weighted by atomic mass is 32.2. The van der Waals surface area contributed by atoms with E-state index in [1.54, 1.807) is 11.8 Å². The molecule has 1 heterocycles. The number of hydrogen-bond acceptors (Lipinski definition) is 5. The summed E-state index contributed by atoms with van der Waals surface area (Å²) in [7, 11) is 1.34. The standard InChI is InChI=1S/C11H19N3O2S/c1-8(2)14-5-4-9(13-14)6-17-7-10(12)11(15)16-3/h4-5,8,10H,6-7,12H2,1-3H3. The summed E-state index contributed by atoms with van der Waals surface area (Å²) < 4.78 is 6.47. The summed E-state index contributed by atoms with van der Waals surface area (Å²) in [4.78, 5) is 11.1. The van der Waals surface area contributed by atoms with Crippen LogP contribution in [0.3, 0.4) is 0 Å². The van der Waals surface area contributed by atoms with Crippen molar-refractivity contribution in [1.82, 2.24) is 9.78 Å². The summed E-state index contributed by atoms with van der Waals surface area (Å²) in [5.41, 5.74) is 6.63. The van der Waals surface area contributed by atoms with Crippen LogP contribution in [0.4, 0.5) is 0 Å². The van der Waals surface area contributed by atoms with Gasteiger partial charge in [0.05, 0.1) is 12.8 Å². The van der Waals surface area contributed by atoms with E-state index in [2.05, 4.69) is 23.7 Å². The number of methoxy groups -OCH3 is 1. The van der Waals surface area contributed by atoms with Gasteiger partial charge in [-0.25, -0.2) is 0 Å². The molecule has 0 aliphatic rings. The third-order valence-corrected chi connectivity index (χ3v) is 3.34. The second kappa shape index (κ2) is 6.66.